The predicted molar refractivity (Wildman–Crippen MR) is 75.5 cm³/mol. The Bertz CT molecular complexity index is 698. The molecular weight excluding hydrogens is 276 g/mol. The van der Waals surface area contributed by atoms with E-state index >= 15 is 0 Å². The number of hydrazone groups is 1. The molecule has 106 valence electrons. The second-order valence-corrected chi connectivity index (χ2v) is 3.93. The number of nitrogens with zero attached hydrogens (tertiary/aromatic N) is 3. The van der Waals surface area contributed by atoms with E-state index in [1.807, 2.05) is 0 Å². The first-order valence-corrected chi connectivity index (χ1v) is 5.80. The van der Waals surface area contributed by atoms with Gasteiger partial charge < -0.3 is 5.11 Å². The zero-order valence-electron chi connectivity index (χ0n) is 10.6. The van der Waals surface area contributed by atoms with E-state index < -0.39 is 10.9 Å². The third kappa shape index (κ3) is 3.60. The van der Waals surface area contributed by atoms with Crippen LogP contribution in [0.5, 0.6) is 0 Å². The van der Waals surface area contributed by atoms with Crippen LogP contribution in [0.1, 0.15) is 15.9 Å². The van der Waals surface area contributed by atoms with Gasteiger partial charge in [-0.2, -0.15) is 5.10 Å². The quantitative estimate of drug-likeness (QED) is 0.494. The summed E-state index contributed by atoms with van der Waals surface area (Å²) >= 11 is 0. The van der Waals surface area contributed by atoms with E-state index in [0.29, 0.717) is 5.56 Å². The summed E-state index contributed by atoms with van der Waals surface area (Å²) in [6, 6.07) is 8.78. The summed E-state index contributed by atoms with van der Waals surface area (Å²) in [5, 5.41) is 23.4. The van der Waals surface area contributed by atoms with E-state index in [1.54, 1.807) is 12.1 Å². The molecule has 8 nitrogen and oxygen atoms in total. The van der Waals surface area contributed by atoms with E-state index in [0.717, 1.165) is 0 Å². The second kappa shape index (κ2) is 6.24. The van der Waals surface area contributed by atoms with E-state index in [1.165, 1.54) is 36.7 Å². The van der Waals surface area contributed by atoms with E-state index in [4.69, 9.17) is 5.11 Å². The van der Waals surface area contributed by atoms with Crippen LogP contribution in [0, 0.1) is 10.1 Å². The van der Waals surface area contributed by atoms with Gasteiger partial charge >= 0.3 is 11.7 Å². The average Bonchev–Trinajstić information content (AvgIpc) is 2.48. The highest BCUT2D eigenvalue weighted by Gasteiger charge is 2.12. The first kappa shape index (κ1) is 14.1. The standard InChI is InChI=1S/C13H10N4O4/c18-13(19)10-5-3-9(4-6-10)8-15-16-12-11(17(20)21)2-1-7-14-12/h1-8H,(H,14,16)(H,18,19)/b15-8-. The number of nitro groups is 1. The molecule has 21 heavy (non-hydrogen) atoms. The molecule has 0 bridgehead atoms. The summed E-state index contributed by atoms with van der Waals surface area (Å²) < 4.78 is 0. The number of carboxylic acid groups (broad SMARTS) is 1. The van der Waals surface area contributed by atoms with Crippen LogP contribution in [0.2, 0.25) is 0 Å². The van der Waals surface area contributed by atoms with Crippen LogP contribution in [0.4, 0.5) is 11.5 Å². The van der Waals surface area contributed by atoms with E-state index in [-0.39, 0.29) is 17.1 Å². The Kier molecular flexibility index (Phi) is 4.20. The normalized spacial score (nSPS) is 10.5. The Labute approximate surface area is 118 Å². The van der Waals surface area contributed by atoms with Crippen LogP contribution >= 0.6 is 0 Å². The van der Waals surface area contributed by atoms with Crippen molar-refractivity contribution in [3.8, 4) is 0 Å². The predicted octanol–water partition coefficient (Wildman–Crippen LogP) is 2.13. The number of rotatable bonds is 5. The molecule has 0 amide bonds. The van der Waals surface area contributed by atoms with Gasteiger partial charge in [0.25, 0.3) is 0 Å². The lowest BCUT2D eigenvalue weighted by molar-refractivity contribution is -0.384. The van der Waals surface area contributed by atoms with Crippen molar-refractivity contribution in [3.63, 3.8) is 0 Å². The van der Waals surface area contributed by atoms with E-state index in [2.05, 4.69) is 15.5 Å². The average molecular weight is 286 g/mol. The number of carboxylic acids is 1. The van der Waals surface area contributed by atoms with Crippen molar-refractivity contribution in [3.05, 3.63) is 63.8 Å². The van der Waals surface area contributed by atoms with Crippen molar-refractivity contribution in [1.29, 1.82) is 0 Å². The SMILES string of the molecule is O=C(O)c1ccc(/C=N\Nc2ncccc2[N+](=O)[O-])cc1. The third-order valence-corrected chi connectivity index (χ3v) is 2.52. The van der Waals surface area contributed by atoms with Crippen molar-refractivity contribution in [2.75, 3.05) is 5.43 Å². The molecule has 0 spiro atoms. The van der Waals surface area contributed by atoms with Crippen molar-refractivity contribution in [1.82, 2.24) is 4.98 Å². The molecule has 1 aromatic heterocycles. The fourth-order valence-electron chi connectivity index (χ4n) is 1.51. The number of hydrogen-bond acceptors (Lipinski definition) is 6. The molecule has 0 atom stereocenters. The minimum absolute atomic E-state index is 0.0286. The lowest BCUT2D eigenvalue weighted by Crippen LogP contribution is -1.99. The maximum Gasteiger partial charge on any atom is 0.335 e. The smallest absolute Gasteiger partial charge is 0.335 e. The van der Waals surface area contributed by atoms with Crippen molar-refractivity contribution < 1.29 is 14.8 Å². The molecule has 0 saturated heterocycles. The number of carbonyl (C=O) groups is 1. The number of nitrogens with one attached hydrogen (secondary N) is 1. The number of benzene rings is 1. The molecule has 0 unspecified atom stereocenters. The van der Waals surface area contributed by atoms with Gasteiger partial charge in [0.2, 0.25) is 5.82 Å². The summed E-state index contributed by atoms with van der Waals surface area (Å²) in [5.74, 6) is -0.985. The van der Waals surface area contributed by atoms with Gasteiger partial charge in [0.15, 0.2) is 0 Å². The van der Waals surface area contributed by atoms with Crippen LogP contribution in [-0.2, 0) is 0 Å². The zero-order valence-corrected chi connectivity index (χ0v) is 10.6. The zero-order chi connectivity index (χ0) is 15.2. The summed E-state index contributed by atoms with van der Waals surface area (Å²) in [5.41, 5.74) is 3.11. The highest BCUT2D eigenvalue weighted by atomic mass is 16.6. The first-order chi connectivity index (χ1) is 10.1. The molecule has 2 rings (SSSR count). The summed E-state index contributed by atoms with van der Waals surface area (Å²) in [6.45, 7) is 0. The molecule has 1 heterocycles. The van der Waals surface area contributed by atoms with Crippen molar-refractivity contribution in [2.24, 2.45) is 5.10 Å². The first-order valence-electron chi connectivity index (χ1n) is 5.80. The monoisotopic (exact) mass is 286 g/mol. The van der Waals surface area contributed by atoms with Crippen molar-refractivity contribution in [2.45, 2.75) is 0 Å². The van der Waals surface area contributed by atoms with Gasteiger partial charge in [-0.25, -0.2) is 9.78 Å². The molecule has 0 aliphatic heterocycles. The summed E-state index contributed by atoms with van der Waals surface area (Å²) in [4.78, 5) is 24.7. The second-order valence-electron chi connectivity index (χ2n) is 3.93. The van der Waals surface area contributed by atoms with Gasteiger partial charge in [0.1, 0.15) is 0 Å². The van der Waals surface area contributed by atoms with Crippen LogP contribution < -0.4 is 5.43 Å². The number of pyridine rings is 1. The summed E-state index contributed by atoms with van der Waals surface area (Å²) in [6.07, 6.45) is 2.82. The van der Waals surface area contributed by atoms with Gasteiger partial charge in [0.05, 0.1) is 16.7 Å². The molecule has 0 saturated carbocycles. The van der Waals surface area contributed by atoms with Crippen LogP contribution in [0.3, 0.4) is 0 Å². The largest absolute Gasteiger partial charge is 0.478 e. The molecule has 8 heteroatoms. The van der Waals surface area contributed by atoms with Crippen LogP contribution in [0.15, 0.2) is 47.7 Å². The molecular formula is C13H10N4O4. The molecule has 0 fully saturated rings. The molecule has 1 aromatic carbocycles. The van der Waals surface area contributed by atoms with Gasteiger partial charge in [-0.15, -0.1) is 0 Å². The van der Waals surface area contributed by atoms with Crippen LogP contribution in [0.25, 0.3) is 0 Å². The minimum Gasteiger partial charge on any atom is -0.478 e. The van der Waals surface area contributed by atoms with Crippen LogP contribution in [-0.4, -0.2) is 27.2 Å². The fraction of sp³-hybridized carbons (Fsp3) is 0. The molecule has 0 aliphatic rings. The highest BCUT2D eigenvalue weighted by Crippen LogP contribution is 2.19. The maximum atomic E-state index is 10.8. The van der Waals surface area contributed by atoms with Gasteiger partial charge in [-0.3, -0.25) is 15.5 Å². The number of aromatic nitrogens is 1. The highest BCUT2D eigenvalue weighted by molar-refractivity contribution is 5.89. The topological polar surface area (TPSA) is 118 Å². The molecule has 2 N–H and O–H groups in total. The number of hydrogen-bond donors (Lipinski definition) is 2. The number of anilines is 1. The van der Waals surface area contributed by atoms with Gasteiger partial charge in [-0.1, -0.05) is 12.1 Å². The van der Waals surface area contributed by atoms with Gasteiger partial charge in [0, 0.05) is 12.3 Å². The van der Waals surface area contributed by atoms with Gasteiger partial charge in [-0.05, 0) is 23.8 Å². The Hall–Kier alpha value is -3.29. The Morgan fingerprint density at radius 1 is 1.33 bits per heavy atom. The summed E-state index contributed by atoms with van der Waals surface area (Å²) in [7, 11) is 0. The van der Waals surface area contributed by atoms with E-state index in [9.17, 15) is 14.9 Å². The molecule has 2 aromatic rings. The maximum absolute atomic E-state index is 10.8. The Balaban J connectivity index is 2.09. The lowest BCUT2D eigenvalue weighted by atomic mass is 10.1. The fourth-order valence-corrected chi connectivity index (χ4v) is 1.51. The third-order valence-electron chi connectivity index (χ3n) is 2.52. The molecule has 0 aliphatic carbocycles. The van der Waals surface area contributed by atoms with Crippen molar-refractivity contribution >= 4 is 23.7 Å². The molecule has 0 radical (unpaired) electrons. The number of aromatic carboxylic acids is 1. The lowest BCUT2D eigenvalue weighted by Gasteiger charge is -2.00. The minimum atomic E-state index is -1.01. The Morgan fingerprint density at radius 2 is 2.05 bits per heavy atom. The Morgan fingerprint density at radius 3 is 2.67 bits per heavy atom.